The van der Waals surface area contributed by atoms with Crippen molar-refractivity contribution < 1.29 is 14.7 Å². The predicted octanol–water partition coefficient (Wildman–Crippen LogP) is 4.34. The van der Waals surface area contributed by atoms with Gasteiger partial charge < -0.3 is 26.8 Å². The Kier molecular flexibility index (Phi) is 9.72. The van der Waals surface area contributed by atoms with Gasteiger partial charge in [-0.1, -0.05) is 97.1 Å². The monoisotopic (exact) mass is 549 g/mol. The molecule has 210 valence electrons. The lowest BCUT2D eigenvalue weighted by molar-refractivity contribution is -0.141. The van der Waals surface area contributed by atoms with Crippen molar-refractivity contribution >= 4 is 17.8 Å². The Hall–Kier alpha value is -5.11. The number of nitrogens with zero attached hydrogens (tertiary/aromatic N) is 1. The number of nitrogens with two attached hydrogens (primary N) is 2. The van der Waals surface area contributed by atoms with Crippen LogP contribution in [0.2, 0.25) is 0 Å². The third kappa shape index (κ3) is 7.73. The molecule has 0 bridgehead atoms. The number of aromatic hydroxyl groups is 1. The Morgan fingerprint density at radius 3 is 1.78 bits per heavy atom. The first-order chi connectivity index (χ1) is 19.8. The largest absolute Gasteiger partial charge is 0.508 e. The SMILES string of the molecule is N=C(N)NCCCC(C(N)=O)N(Cc1ccc(-c2ccc(O)cc2)cc1)C(=O)C(c1ccccc1)c1ccccc1. The van der Waals surface area contributed by atoms with Gasteiger partial charge in [0.1, 0.15) is 11.8 Å². The van der Waals surface area contributed by atoms with E-state index in [1.807, 2.05) is 97.1 Å². The number of nitrogens with one attached hydrogen (secondary N) is 2. The number of guanidine groups is 1. The summed E-state index contributed by atoms with van der Waals surface area (Å²) < 4.78 is 0. The normalized spacial score (nSPS) is 11.5. The molecule has 4 aromatic rings. The standard InChI is InChI=1S/C33H35N5O3/c34-31(40)29(12-7-21-37-33(35)36)38(22-23-13-15-24(16-14-23)25-17-19-28(39)20-18-25)32(41)30(26-8-3-1-4-9-26)27-10-5-2-6-11-27/h1-6,8-11,13-20,29-30,39H,7,12,21-22H2,(H2,34,40)(H4,35,36,37). The Labute approximate surface area is 240 Å². The molecule has 0 fully saturated rings. The molecule has 4 aromatic carbocycles. The molecule has 0 aliphatic heterocycles. The summed E-state index contributed by atoms with van der Waals surface area (Å²) in [6.45, 7) is 0.557. The first-order valence-corrected chi connectivity index (χ1v) is 13.5. The topological polar surface area (TPSA) is 146 Å². The molecule has 8 heteroatoms. The number of carbonyl (C=O) groups excluding carboxylic acids is 2. The molecule has 0 saturated carbocycles. The van der Waals surface area contributed by atoms with Crippen LogP contribution in [-0.4, -0.2) is 40.4 Å². The third-order valence-corrected chi connectivity index (χ3v) is 6.98. The van der Waals surface area contributed by atoms with Gasteiger partial charge in [-0.25, -0.2) is 0 Å². The lowest BCUT2D eigenvalue weighted by Crippen LogP contribution is -2.49. The van der Waals surface area contributed by atoms with Gasteiger partial charge in [0, 0.05) is 13.1 Å². The highest BCUT2D eigenvalue weighted by Crippen LogP contribution is 2.30. The number of rotatable bonds is 12. The molecule has 0 aliphatic carbocycles. The van der Waals surface area contributed by atoms with Crippen LogP contribution in [-0.2, 0) is 16.1 Å². The van der Waals surface area contributed by atoms with Crippen LogP contribution in [0, 0.1) is 5.41 Å². The molecule has 41 heavy (non-hydrogen) atoms. The fraction of sp³-hybridized carbons (Fsp3) is 0.182. The summed E-state index contributed by atoms with van der Waals surface area (Å²) in [4.78, 5) is 28.9. The number of amides is 2. The van der Waals surface area contributed by atoms with E-state index in [0.29, 0.717) is 19.4 Å². The molecule has 0 radical (unpaired) electrons. The van der Waals surface area contributed by atoms with Crippen LogP contribution in [0.5, 0.6) is 5.75 Å². The molecule has 1 unspecified atom stereocenters. The van der Waals surface area contributed by atoms with Crippen molar-refractivity contribution in [3.05, 3.63) is 126 Å². The first-order valence-electron chi connectivity index (χ1n) is 13.5. The van der Waals surface area contributed by atoms with E-state index in [-0.39, 0.29) is 24.2 Å². The van der Waals surface area contributed by atoms with Crippen LogP contribution in [0.25, 0.3) is 11.1 Å². The minimum atomic E-state index is -0.872. The van der Waals surface area contributed by atoms with Gasteiger partial charge in [0.25, 0.3) is 0 Å². The maximum absolute atomic E-state index is 14.5. The van der Waals surface area contributed by atoms with Gasteiger partial charge in [0.15, 0.2) is 5.96 Å². The van der Waals surface area contributed by atoms with Gasteiger partial charge in [-0.15, -0.1) is 0 Å². The third-order valence-electron chi connectivity index (χ3n) is 6.98. The Balaban J connectivity index is 1.69. The van der Waals surface area contributed by atoms with E-state index in [0.717, 1.165) is 27.8 Å². The Bertz CT molecular complexity index is 1400. The number of primary amides is 1. The van der Waals surface area contributed by atoms with Crippen LogP contribution in [0.15, 0.2) is 109 Å². The second-order valence-corrected chi connectivity index (χ2v) is 9.87. The number of carbonyl (C=O) groups is 2. The van der Waals surface area contributed by atoms with Crippen molar-refractivity contribution in [1.82, 2.24) is 10.2 Å². The van der Waals surface area contributed by atoms with Crippen molar-refractivity contribution in [3.8, 4) is 16.9 Å². The number of hydrogen-bond donors (Lipinski definition) is 5. The summed E-state index contributed by atoms with van der Waals surface area (Å²) in [7, 11) is 0. The summed E-state index contributed by atoms with van der Waals surface area (Å²) in [6, 6.07) is 32.9. The van der Waals surface area contributed by atoms with Crippen molar-refractivity contribution in [2.24, 2.45) is 11.5 Å². The second kappa shape index (κ2) is 13.8. The van der Waals surface area contributed by atoms with Gasteiger partial charge in [-0.2, -0.15) is 0 Å². The average Bonchev–Trinajstić information content (AvgIpc) is 2.98. The summed E-state index contributed by atoms with van der Waals surface area (Å²) >= 11 is 0. The van der Waals surface area contributed by atoms with E-state index in [9.17, 15) is 14.7 Å². The highest BCUT2D eigenvalue weighted by molar-refractivity contribution is 5.92. The maximum Gasteiger partial charge on any atom is 0.240 e. The lowest BCUT2D eigenvalue weighted by Gasteiger charge is -2.33. The smallest absolute Gasteiger partial charge is 0.240 e. The van der Waals surface area contributed by atoms with Crippen molar-refractivity contribution in [3.63, 3.8) is 0 Å². The van der Waals surface area contributed by atoms with Crippen LogP contribution >= 0.6 is 0 Å². The highest BCUT2D eigenvalue weighted by Gasteiger charge is 2.34. The van der Waals surface area contributed by atoms with Gasteiger partial charge in [-0.3, -0.25) is 15.0 Å². The molecule has 0 aromatic heterocycles. The second-order valence-electron chi connectivity index (χ2n) is 9.87. The number of phenols is 1. The zero-order valence-electron chi connectivity index (χ0n) is 22.7. The van der Waals surface area contributed by atoms with Crippen molar-refractivity contribution in [2.45, 2.75) is 31.3 Å². The molecule has 4 rings (SSSR count). The average molecular weight is 550 g/mol. The molecular formula is C33H35N5O3. The van der Waals surface area contributed by atoms with Crippen molar-refractivity contribution in [2.75, 3.05) is 6.54 Å². The van der Waals surface area contributed by atoms with E-state index in [4.69, 9.17) is 16.9 Å². The maximum atomic E-state index is 14.5. The summed E-state index contributed by atoms with van der Waals surface area (Å²) in [5.41, 5.74) is 15.7. The summed E-state index contributed by atoms with van der Waals surface area (Å²) in [5, 5.41) is 19.8. The van der Waals surface area contributed by atoms with Crippen LogP contribution in [0.3, 0.4) is 0 Å². The lowest BCUT2D eigenvalue weighted by atomic mass is 9.89. The zero-order chi connectivity index (χ0) is 29.2. The van der Waals surface area contributed by atoms with E-state index < -0.39 is 17.9 Å². The van der Waals surface area contributed by atoms with E-state index >= 15 is 0 Å². The number of hydrogen-bond acceptors (Lipinski definition) is 4. The summed E-state index contributed by atoms with van der Waals surface area (Å²) in [6.07, 6.45) is 0.793. The van der Waals surface area contributed by atoms with Crippen molar-refractivity contribution in [1.29, 1.82) is 5.41 Å². The molecular weight excluding hydrogens is 514 g/mol. The number of phenolic OH excluding ortho intramolecular Hbond substituents is 1. The molecule has 2 amide bonds. The van der Waals surface area contributed by atoms with Gasteiger partial charge >= 0.3 is 0 Å². The molecule has 8 nitrogen and oxygen atoms in total. The molecule has 0 spiro atoms. The molecule has 0 heterocycles. The quantitative estimate of drug-likeness (QED) is 0.101. The predicted molar refractivity (Wildman–Crippen MR) is 161 cm³/mol. The molecule has 1 atom stereocenters. The van der Waals surface area contributed by atoms with Gasteiger partial charge in [-0.05, 0) is 52.8 Å². The first kappa shape index (κ1) is 28.9. The van der Waals surface area contributed by atoms with Gasteiger partial charge in [0.05, 0.1) is 5.92 Å². The fourth-order valence-corrected chi connectivity index (χ4v) is 4.90. The fourth-order valence-electron chi connectivity index (χ4n) is 4.90. The minimum Gasteiger partial charge on any atom is -0.508 e. The Morgan fingerprint density at radius 2 is 1.29 bits per heavy atom. The van der Waals surface area contributed by atoms with Crippen LogP contribution in [0.1, 0.15) is 35.4 Å². The summed E-state index contributed by atoms with van der Waals surface area (Å²) in [5.74, 6) is -1.42. The number of benzene rings is 4. The van der Waals surface area contributed by atoms with E-state index in [1.165, 1.54) is 0 Å². The van der Waals surface area contributed by atoms with E-state index in [1.54, 1.807) is 17.0 Å². The van der Waals surface area contributed by atoms with Crippen LogP contribution in [0.4, 0.5) is 0 Å². The Morgan fingerprint density at radius 1 is 0.780 bits per heavy atom. The molecule has 0 aliphatic rings. The minimum absolute atomic E-state index is 0.157. The molecule has 0 saturated heterocycles. The van der Waals surface area contributed by atoms with Crippen LogP contribution < -0.4 is 16.8 Å². The highest BCUT2D eigenvalue weighted by atomic mass is 16.3. The van der Waals surface area contributed by atoms with E-state index in [2.05, 4.69) is 5.32 Å². The zero-order valence-corrected chi connectivity index (χ0v) is 22.7. The van der Waals surface area contributed by atoms with Gasteiger partial charge in [0.2, 0.25) is 11.8 Å². The molecule has 7 N–H and O–H groups in total.